The Bertz CT molecular complexity index is 778. The zero-order valence-corrected chi connectivity index (χ0v) is 16.2. The Morgan fingerprint density at radius 3 is 2.85 bits per heavy atom. The van der Waals surface area contributed by atoms with Crippen LogP contribution in [0.5, 0.6) is 5.75 Å². The number of urea groups is 1. The van der Waals surface area contributed by atoms with Crippen LogP contribution >= 0.6 is 0 Å². The molecule has 7 heteroatoms. The first-order valence-electron chi connectivity index (χ1n) is 9.28. The third-order valence-corrected chi connectivity index (χ3v) is 4.60. The minimum atomic E-state index is -0.374. The normalized spacial score (nSPS) is 17.4. The van der Waals surface area contributed by atoms with Gasteiger partial charge in [0.05, 0.1) is 30.4 Å². The smallest absolute Gasteiger partial charge is 0.324 e. The molecule has 7 nitrogen and oxygen atoms in total. The number of ether oxygens (including phenoxy) is 1. The summed E-state index contributed by atoms with van der Waals surface area (Å²) in [6, 6.07) is 5.42. The van der Waals surface area contributed by atoms with Gasteiger partial charge in [-0.3, -0.25) is 10.3 Å². The summed E-state index contributed by atoms with van der Waals surface area (Å²) >= 11 is 0. The number of benzene rings is 1. The molecule has 1 aromatic heterocycles. The minimum absolute atomic E-state index is 0.374. The first-order chi connectivity index (χ1) is 13.0. The van der Waals surface area contributed by atoms with Crippen LogP contribution in [0, 0.1) is 19.8 Å². The largest absolute Gasteiger partial charge is 0.491 e. The second-order valence-electron chi connectivity index (χ2n) is 7.20. The van der Waals surface area contributed by atoms with Crippen molar-refractivity contribution in [3.05, 3.63) is 41.9 Å². The summed E-state index contributed by atoms with van der Waals surface area (Å²) in [5.74, 6) is 1.59. The van der Waals surface area contributed by atoms with Crippen molar-refractivity contribution in [2.75, 3.05) is 37.4 Å². The second kappa shape index (κ2) is 8.81. The number of nitrogens with zero attached hydrogens (tertiary/aromatic N) is 3. The third kappa shape index (κ3) is 5.65. The lowest BCUT2D eigenvalue weighted by Crippen LogP contribution is -2.34. The molecule has 2 amide bonds. The van der Waals surface area contributed by atoms with E-state index in [1.54, 1.807) is 6.20 Å². The molecule has 1 aliphatic heterocycles. The quantitative estimate of drug-likeness (QED) is 0.844. The Hall–Kier alpha value is -2.67. The molecule has 1 aromatic carbocycles. The van der Waals surface area contributed by atoms with Gasteiger partial charge in [-0.25, -0.2) is 9.78 Å². The van der Waals surface area contributed by atoms with Crippen LogP contribution in [0.25, 0.3) is 0 Å². The molecule has 1 aliphatic rings. The van der Waals surface area contributed by atoms with Gasteiger partial charge in [-0.1, -0.05) is 6.07 Å². The van der Waals surface area contributed by atoms with E-state index in [4.69, 9.17) is 4.74 Å². The summed E-state index contributed by atoms with van der Waals surface area (Å²) in [5, 5.41) is 5.55. The number of aryl methyl sites for hydroxylation is 2. The Labute approximate surface area is 160 Å². The highest BCUT2D eigenvalue weighted by Crippen LogP contribution is 2.27. The molecule has 2 N–H and O–H groups in total. The fourth-order valence-electron chi connectivity index (χ4n) is 3.21. The van der Waals surface area contributed by atoms with Gasteiger partial charge < -0.3 is 15.0 Å². The number of piperidine rings is 1. The van der Waals surface area contributed by atoms with Crippen molar-refractivity contribution in [1.29, 1.82) is 0 Å². The van der Waals surface area contributed by atoms with E-state index in [1.807, 2.05) is 32.0 Å². The van der Waals surface area contributed by atoms with E-state index in [0.717, 1.165) is 24.3 Å². The first kappa shape index (κ1) is 19.1. The van der Waals surface area contributed by atoms with Gasteiger partial charge in [0.25, 0.3) is 0 Å². The molecule has 0 saturated carbocycles. The van der Waals surface area contributed by atoms with Crippen LogP contribution in [0.1, 0.15) is 24.1 Å². The van der Waals surface area contributed by atoms with Crippen LogP contribution in [0.15, 0.2) is 30.6 Å². The van der Waals surface area contributed by atoms with Crippen LogP contribution in [0.3, 0.4) is 0 Å². The summed E-state index contributed by atoms with van der Waals surface area (Å²) in [4.78, 5) is 22.9. The fraction of sp³-hybridized carbons (Fsp3) is 0.450. The average molecular weight is 369 g/mol. The molecule has 2 aromatic rings. The number of rotatable bonds is 5. The molecule has 0 aliphatic carbocycles. The van der Waals surface area contributed by atoms with Crippen LogP contribution in [0.2, 0.25) is 0 Å². The maximum absolute atomic E-state index is 12.3. The highest BCUT2D eigenvalue weighted by molar-refractivity contribution is 6.00. The van der Waals surface area contributed by atoms with E-state index in [-0.39, 0.29) is 6.03 Å². The van der Waals surface area contributed by atoms with Crippen molar-refractivity contribution in [1.82, 2.24) is 14.9 Å². The number of likely N-dealkylation sites (tertiary alicyclic amines) is 1. The molecule has 0 unspecified atom stereocenters. The Morgan fingerprint density at radius 2 is 2.11 bits per heavy atom. The maximum atomic E-state index is 12.3. The number of nitrogens with one attached hydrogen (secondary N) is 2. The molecule has 1 atom stereocenters. The molecule has 3 rings (SSSR count). The molecule has 1 fully saturated rings. The lowest BCUT2D eigenvalue weighted by Gasteiger charge is -2.29. The van der Waals surface area contributed by atoms with E-state index < -0.39 is 0 Å². The van der Waals surface area contributed by atoms with Crippen LogP contribution in [-0.4, -0.2) is 47.6 Å². The van der Waals surface area contributed by atoms with E-state index in [9.17, 15) is 4.79 Å². The highest BCUT2D eigenvalue weighted by atomic mass is 16.5. The maximum Gasteiger partial charge on any atom is 0.324 e. The molecular weight excluding hydrogens is 342 g/mol. The monoisotopic (exact) mass is 369 g/mol. The van der Waals surface area contributed by atoms with Crippen LogP contribution < -0.4 is 15.4 Å². The number of carbonyl (C=O) groups is 1. The number of amides is 2. The molecule has 0 radical (unpaired) electrons. The first-order valence-corrected chi connectivity index (χ1v) is 9.28. The molecule has 144 valence electrons. The van der Waals surface area contributed by atoms with Gasteiger partial charge in [0.15, 0.2) is 5.82 Å². The molecule has 0 bridgehead atoms. The number of carbonyl (C=O) groups excluding carboxylic acids is 1. The van der Waals surface area contributed by atoms with Gasteiger partial charge in [0.1, 0.15) is 5.75 Å². The highest BCUT2D eigenvalue weighted by Gasteiger charge is 2.18. The fourth-order valence-corrected chi connectivity index (χ4v) is 3.21. The summed E-state index contributed by atoms with van der Waals surface area (Å²) in [7, 11) is 2.14. The van der Waals surface area contributed by atoms with E-state index in [1.165, 1.54) is 19.0 Å². The van der Waals surface area contributed by atoms with Crippen LogP contribution in [-0.2, 0) is 0 Å². The Kier molecular flexibility index (Phi) is 6.24. The van der Waals surface area contributed by atoms with E-state index >= 15 is 0 Å². The van der Waals surface area contributed by atoms with Gasteiger partial charge in [-0.2, -0.15) is 0 Å². The van der Waals surface area contributed by atoms with E-state index in [2.05, 4.69) is 32.5 Å². The average Bonchev–Trinajstić information content (AvgIpc) is 2.63. The number of anilines is 2. The number of aromatic nitrogens is 2. The molecule has 27 heavy (non-hydrogen) atoms. The van der Waals surface area contributed by atoms with Crippen molar-refractivity contribution in [2.45, 2.75) is 26.7 Å². The van der Waals surface area contributed by atoms with Gasteiger partial charge in [0.2, 0.25) is 0 Å². The predicted octanol–water partition coefficient (Wildman–Crippen LogP) is 3.46. The topological polar surface area (TPSA) is 79.4 Å². The molecule has 0 spiro atoms. The minimum Gasteiger partial charge on any atom is -0.491 e. The summed E-state index contributed by atoms with van der Waals surface area (Å²) in [5.41, 5.74) is 2.49. The number of hydrogen-bond donors (Lipinski definition) is 2. The van der Waals surface area contributed by atoms with Crippen molar-refractivity contribution < 1.29 is 9.53 Å². The summed E-state index contributed by atoms with van der Waals surface area (Å²) in [6.07, 6.45) is 5.51. The van der Waals surface area contributed by atoms with Gasteiger partial charge in [0, 0.05) is 12.5 Å². The lowest BCUT2D eigenvalue weighted by atomic mass is 9.99. The van der Waals surface area contributed by atoms with Gasteiger partial charge in [-0.15, -0.1) is 0 Å². The van der Waals surface area contributed by atoms with Crippen molar-refractivity contribution in [3.63, 3.8) is 0 Å². The molecular formula is C20H27N5O2. The Morgan fingerprint density at radius 1 is 1.26 bits per heavy atom. The SMILES string of the molecule is Cc1ccc(OC[C@H]2CCCN(C)C2)c(NC(=O)Nc2cnc(C)cn2)c1. The Balaban J connectivity index is 1.62. The molecule has 1 saturated heterocycles. The standard InChI is InChI=1S/C20H27N5O2/c1-14-6-7-18(27-13-16-5-4-8-25(3)12-16)17(9-14)23-20(26)24-19-11-21-15(2)10-22-19/h6-7,9-11,16H,4-5,8,12-13H2,1-3H3,(H2,22,23,24,26)/t16-/m0/s1. The van der Waals surface area contributed by atoms with Gasteiger partial charge in [-0.05, 0) is 58.0 Å². The lowest BCUT2D eigenvalue weighted by molar-refractivity contribution is 0.151. The van der Waals surface area contributed by atoms with Crippen molar-refractivity contribution in [2.24, 2.45) is 5.92 Å². The summed E-state index contributed by atoms with van der Waals surface area (Å²) in [6.45, 7) is 6.66. The predicted molar refractivity (Wildman–Crippen MR) is 106 cm³/mol. The number of hydrogen-bond acceptors (Lipinski definition) is 5. The van der Waals surface area contributed by atoms with Crippen LogP contribution in [0.4, 0.5) is 16.3 Å². The second-order valence-corrected chi connectivity index (χ2v) is 7.20. The summed E-state index contributed by atoms with van der Waals surface area (Å²) < 4.78 is 6.05. The zero-order valence-electron chi connectivity index (χ0n) is 16.2. The zero-order chi connectivity index (χ0) is 19.2. The van der Waals surface area contributed by atoms with Gasteiger partial charge >= 0.3 is 6.03 Å². The molecule has 2 heterocycles. The third-order valence-electron chi connectivity index (χ3n) is 4.60. The van der Waals surface area contributed by atoms with E-state index in [0.29, 0.717) is 29.8 Å². The van der Waals surface area contributed by atoms with Crippen molar-refractivity contribution >= 4 is 17.5 Å². The van der Waals surface area contributed by atoms with Crippen molar-refractivity contribution in [3.8, 4) is 5.75 Å².